The van der Waals surface area contributed by atoms with Gasteiger partial charge in [-0.1, -0.05) is 42.5 Å². The summed E-state index contributed by atoms with van der Waals surface area (Å²) >= 11 is 4.59. The predicted molar refractivity (Wildman–Crippen MR) is 52.3 cm³/mol. The molecule has 1 aromatic carbocycles. The average molecular weight is 163 g/mol. The smallest absolute Gasteiger partial charge is 0.0640 e. The van der Waals surface area contributed by atoms with Crippen LogP contribution in [-0.2, 0) is 6.54 Å². The van der Waals surface area contributed by atoms with Gasteiger partial charge in [-0.15, -0.1) is 0 Å². The van der Waals surface area contributed by atoms with Gasteiger partial charge >= 0.3 is 0 Å². The molecule has 0 unspecified atom stereocenters. The van der Waals surface area contributed by atoms with E-state index in [0.29, 0.717) is 6.54 Å². The molecule has 0 heterocycles. The predicted octanol–water partition coefficient (Wildman–Crippen LogP) is 2.26. The second kappa shape index (κ2) is 4.74. The van der Waals surface area contributed by atoms with Crippen molar-refractivity contribution < 1.29 is 0 Å². The van der Waals surface area contributed by atoms with Gasteiger partial charge in [-0.3, -0.25) is 4.99 Å². The summed E-state index contributed by atoms with van der Waals surface area (Å²) < 4.78 is 0. The Balaban J connectivity index is 2.51. The third-order valence-corrected chi connectivity index (χ3v) is 1.40. The first-order valence-corrected chi connectivity index (χ1v) is 3.88. The van der Waals surface area contributed by atoms with E-state index in [1.807, 2.05) is 30.3 Å². The van der Waals surface area contributed by atoms with Gasteiger partial charge in [-0.25, -0.2) is 0 Å². The van der Waals surface area contributed by atoms with Gasteiger partial charge < -0.3 is 0 Å². The lowest BCUT2D eigenvalue weighted by Crippen LogP contribution is -1.80. The summed E-state index contributed by atoms with van der Waals surface area (Å²) in [4.78, 5) is 4.08. The van der Waals surface area contributed by atoms with E-state index in [-0.39, 0.29) is 0 Å². The van der Waals surface area contributed by atoms with Gasteiger partial charge in [-0.2, -0.15) is 0 Å². The molecule has 0 atom stereocenters. The molecule has 1 rings (SSSR count). The molecule has 0 aliphatic rings. The highest BCUT2D eigenvalue weighted by molar-refractivity contribution is 7.80. The highest BCUT2D eigenvalue weighted by Gasteiger charge is 1.84. The number of hydrogen-bond acceptors (Lipinski definition) is 2. The molecule has 0 bridgehead atoms. The number of nitrogens with zero attached hydrogens (tertiary/aromatic N) is 1. The van der Waals surface area contributed by atoms with Gasteiger partial charge in [0, 0.05) is 11.6 Å². The molecule has 1 nitrogen and oxygen atoms in total. The van der Waals surface area contributed by atoms with E-state index in [1.54, 1.807) is 6.21 Å². The second-order valence-electron chi connectivity index (χ2n) is 2.11. The lowest BCUT2D eigenvalue weighted by molar-refractivity contribution is 1.08. The molecule has 0 saturated carbocycles. The monoisotopic (exact) mass is 163 g/mol. The Morgan fingerprint density at radius 1 is 1.27 bits per heavy atom. The standard InChI is InChI=1S/C9H9NS/c11-7-6-10-8-9-4-2-1-3-5-9/h1-7H,8H2. The minimum atomic E-state index is 0.716. The van der Waals surface area contributed by atoms with Crippen LogP contribution in [0.4, 0.5) is 0 Å². The van der Waals surface area contributed by atoms with Crippen LogP contribution in [0.15, 0.2) is 35.3 Å². The van der Waals surface area contributed by atoms with E-state index in [9.17, 15) is 0 Å². The van der Waals surface area contributed by atoms with Crippen LogP contribution < -0.4 is 0 Å². The van der Waals surface area contributed by atoms with Crippen molar-refractivity contribution in [1.29, 1.82) is 0 Å². The van der Waals surface area contributed by atoms with Gasteiger partial charge in [0.1, 0.15) is 0 Å². The highest BCUT2D eigenvalue weighted by atomic mass is 32.1. The molecule has 0 aromatic heterocycles. The van der Waals surface area contributed by atoms with Crippen molar-refractivity contribution in [3.63, 3.8) is 0 Å². The molecule has 0 amide bonds. The Morgan fingerprint density at radius 2 is 2.00 bits per heavy atom. The van der Waals surface area contributed by atoms with Gasteiger partial charge in [0.15, 0.2) is 0 Å². The maximum Gasteiger partial charge on any atom is 0.0640 e. The highest BCUT2D eigenvalue weighted by Crippen LogP contribution is 1.98. The van der Waals surface area contributed by atoms with Gasteiger partial charge in [0.05, 0.1) is 6.54 Å². The summed E-state index contributed by atoms with van der Waals surface area (Å²) in [7, 11) is 0. The lowest BCUT2D eigenvalue weighted by atomic mass is 10.2. The van der Waals surface area contributed by atoms with Crippen LogP contribution in [-0.4, -0.2) is 11.6 Å². The average Bonchev–Trinajstić information content (AvgIpc) is 2.07. The summed E-state index contributed by atoms with van der Waals surface area (Å²) in [6.07, 6.45) is 1.64. The van der Waals surface area contributed by atoms with Crippen LogP contribution in [0.1, 0.15) is 5.56 Å². The molecule has 11 heavy (non-hydrogen) atoms. The topological polar surface area (TPSA) is 12.4 Å². The second-order valence-corrected chi connectivity index (χ2v) is 2.38. The van der Waals surface area contributed by atoms with Crippen LogP contribution in [0.25, 0.3) is 0 Å². The molecule has 1 aromatic rings. The van der Waals surface area contributed by atoms with Crippen LogP contribution in [0.3, 0.4) is 0 Å². The molecule has 0 saturated heterocycles. The Morgan fingerprint density at radius 3 is 2.64 bits per heavy atom. The summed E-state index contributed by atoms with van der Waals surface area (Å²) in [5.74, 6) is 0. The van der Waals surface area contributed by atoms with Crippen molar-refractivity contribution in [2.45, 2.75) is 6.54 Å². The fraction of sp³-hybridized carbons (Fsp3) is 0.111. The number of rotatable bonds is 3. The largest absolute Gasteiger partial charge is 0.288 e. The zero-order chi connectivity index (χ0) is 7.94. The third kappa shape index (κ3) is 3.05. The van der Waals surface area contributed by atoms with Crippen LogP contribution in [0, 0.1) is 0 Å². The van der Waals surface area contributed by atoms with E-state index in [1.165, 1.54) is 10.9 Å². The first kappa shape index (κ1) is 8.08. The van der Waals surface area contributed by atoms with Crippen molar-refractivity contribution in [1.82, 2.24) is 0 Å². The zero-order valence-corrected chi connectivity index (χ0v) is 6.92. The fourth-order valence-electron chi connectivity index (χ4n) is 0.785. The first-order valence-electron chi connectivity index (χ1n) is 3.41. The molecular formula is C9H9NS. The summed E-state index contributed by atoms with van der Waals surface area (Å²) in [6, 6.07) is 10.1. The fourth-order valence-corrected chi connectivity index (χ4v) is 0.871. The van der Waals surface area contributed by atoms with Crippen molar-refractivity contribution >= 4 is 23.8 Å². The van der Waals surface area contributed by atoms with E-state index >= 15 is 0 Å². The summed E-state index contributed by atoms with van der Waals surface area (Å²) in [5, 5.41) is 1.52. The molecule has 0 N–H and O–H groups in total. The minimum absolute atomic E-state index is 0.716. The normalized spacial score (nSPS) is 10.2. The summed E-state index contributed by atoms with van der Waals surface area (Å²) in [6.45, 7) is 0.716. The van der Waals surface area contributed by atoms with Crippen molar-refractivity contribution in [2.75, 3.05) is 0 Å². The maximum absolute atomic E-state index is 4.59. The quantitative estimate of drug-likeness (QED) is 0.492. The molecule has 2 heteroatoms. The van der Waals surface area contributed by atoms with Crippen LogP contribution in [0.2, 0.25) is 0 Å². The Kier molecular flexibility index (Phi) is 3.48. The van der Waals surface area contributed by atoms with E-state index < -0.39 is 0 Å². The minimum Gasteiger partial charge on any atom is -0.288 e. The lowest BCUT2D eigenvalue weighted by Gasteiger charge is -1.92. The molecule has 56 valence electrons. The van der Waals surface area contributed by atoms with Crippen molar-refractivity contribution in [3.05, 3.63) is 35.9 Å². The third-order valence-electron chi connectivity index (χ3n) is 1.28. The van der Waals surface area contributed by atoms with E-state index in [2.05, 4.69) is 17.2 Å². The number of aliphatic imine (C=N–C) groups is 1. The zero-order valence-electron chi connectivity index (χ0n) is 6.10. The Labute approximate surface area is 71.8 Å². The van der Waals surface area contributed by atoms with Gasteiger partial charge in [-0.05, 0) is 5.56 Å². The Hall–Kier alpha value is -1.02. The number of benzene rings is 1. The maximum atomic E-state index is 4.59. The summed E-state index contributed by atoms with van der Waals surface area (Å²) in [5.41, 5.74) is 1.21. The molecule has 0 spiro atoms. The number of thiocarbonyl (C=S) groups is 1. The molecule has 0 aliphatic carbocycles. The van der Waals surface area contributed by atoms with E-state index in [0.717, 1.165) is 0 Å². The molecular weight excluding hydrogens is 154 g/mol. The van der Waals surface area contributed by atoms with Gasteiger partial charge in [0.25, 0.3) is 0 Å². The van der Waals surface area contributed by atoms with Crippen LogP contribution >= 0.6 is 12.2 Å². The van der Waals surface area contributed by atoms with Crippen LogP contribution in [0.5, 0.6) is 0 Å². The first-order chi connectivity index (χ1) is 5.43. The molecule has 0 fully saturated rings. The Bertz CT molecular complexity index is 241. The van der Waals surface area contributed by atoms with Crippen molar-refractivity contribution in [3.8, 4) is 0 Å². The molecule has 0 aliphatic heterocycles. The number of hydrogen-bond donors (Lipinski definition) is 0. The van der Waals surface area contributed by atoms with E-state index in [4.69, 9.17) is 0 Å². The van der Waals surface area contributed by atoms with Gasteiger partial charge in [0.2, 0.25) is 0 Å². The SMILES string of the molecule is S=CC=NCc1ccccc1. The molecule has 0 radical (unpaired) electrons. The van der Waals surface area contributed by atoms with Crippen molar-refractivity contribution in [2.24, 2.45) is 4.99 Å².